The van der Waals surface area contributed by atoms with Crippen LogP contribution in [-0.2, 0) is 5.54 Å². The fourth-order valence-electron chi connectivity index (χ4n) is 4.78. The first-order valence-electron chi connectivity index (χ1n) is 8.92. The third kappa shape index (κ3) is 1.73. The molecule has 0 bridgehead atoms. The van der Waals surface area contributed by atoms with Crippen LogP contribution in [0.2, 0.25) is 0 Å². The van der Waals surface area contributed by atoms with Crippen LogP contribution < -0.4 is 0 Å². The van der Waals surface area contributed by atoms with Crippen molar-refractivity contribution in [2.45, 2.75) is 18.4 Å². The normalized spacial score (nSPS) is 18.3. The molecule has 2 aliphatic rings. The van der Waals surface area contributed by atoms with E-state index in [-0.39, 0.29) is 5.54 Å². The SMILES string of the molecule is c1ccc(C2(N3CCCC3)c3ccccc3-c3ccccc32)cc1. The van der Waals surface area contributed by atoms with E-state index in [1.165, 1.54) is 40.7 Å². The maximum absolute atomic E-state index is 2.70. The average molecular weight is 311 g/mol. The van der Waals surface area contributed by atoms with E-state index in [2.05, 4.69) is 83.8 Å². The Balaban J connectivity index is 1.90. The van der Waals surface area contributed by atoms with Gasteiger partial charge in [0, 0.05) is 0 Å². The molecule has 0 aromatic heterocycles. The molecule has 0 radical (unpaired) electrons. The number of hydrogen-bond donors (Lipinski definition) is 0. The zero-order chi connectivity index (χ0) is 16.0. The second-order valence-electron chi connectivity index (χ2n) is 6.86. The van der Waals surface area contributed by atoms with Crippen LogP contribution in [0.1, 0.15) is 29.5 Å². The smallest absolute Gasteiger partial charge is 0.0985 e. The quantitative estimate of drug-likeness (QED) is 0.640. The Bertz CT molecular complexity index is 830. The van der Waals surface area contributed by atoms with Gasteiger partial charge in [0.2, 0.25) is 0 Å². The van der Waals surface area contributed by atoms with E-state index in [0.717, 1.165) is 13.1 Å². The number of hydrogen-bond acceptors (Lipinski definition) is 1. The van der Waals surface area contributed by atoms with Crippen molar-refractivity contribution in [1.82, 2.24) is 4.90 Å². The van der Waals surface area contributed by atoms with Gasteiger partial charge < -0.3 is 0 Å². The Labute approximate surface area is 143 Å². The summed E-state index contributed by atoms with van der Waals surface area (Å²) in [5.41, 5.74) is 6.93. The molecule has 1 heteroatoms. The molecular weight excluding hydrogens is 290 g/mol. The van der Waals surface area contributed by atoms with Gasteiger partial charge in [-0.15, -0.1) is 0 Å². The molecular formula is C23H21N. The highest BCUT2D eigenvalue weighted by Crippen LogP contribution is 2.54. The molecule has 0 saturated carbocycles. The minimum Gasteiger partial charge on any atom is -0.286 e. The Morgan fingerprint density at radius 1 is 0.583 bits per heavy atom. The predicted molar refractivity (Wildman–Crippen MR) is 99.0 cm³/mol. The fraction of sp³-hybridized carbons (Fsp3) is 0.217. The summed E-state index contributed by atoms with van der Waals surface area (Å²) in [5, 5.41) is 0. The standard InChI is InChI=1S/C23H21N/c1-2-10-18(11-3-1)23(24-16-8-9-17-24)21-14-6-4-12-19(21)20-13-5-7-15-22(20)23/h1-7,10-15H,8-9,16-17H2. The summed E-state index contributed by atoms with van der Waals surface area (Å²) in [5.74, 6) is 0. The highest BCUT2D eigenvalue weighted by molar-refractivity contribution is 5.83. The molecule has 0 N–H and O–H groups in total. The van der Waals surface area contributed by atoms with Crippen LogP contribution >= 0.6 is 0 Å². The highest BCUT2D eigenvalue weighted by atomic mass is 15.2. The molecule has 1 saturated heterocycles. The lowest BCUT2D eigenvalue weighted by atomic mass is 9.79. The first-order chi connectivity index (χ1) is 11.9. The molecule has 0 atom stereocenters. The maximum atomic E-state index is 2.70. The summed E-state index contributed by atoms with van der Waals surface area (Å²) in [6, 6.07) is 29.0. The van der Waals surface area contributed by atoms with E-state index in [0.29, 0.717) is 0 Å². The maximum Gasteiger partial charge on any atom is 0.0985 e. The van der Waals surface area contributed by atoms with Crippen molar-refractivity contribution >= 4 is 0 Å². The third-order valence-corrected chi connectivity index (χ3v) is 5.70. The van der Waals surface area contributed by atoms with E-state index in [1.54, 1.807) is 0 Å². The van der Waals surface area contributed by atoms with Crippen LogP contribution in [0.5, 0.6) is 0 Å². The molecule has 1 aliphatic heterocycles. The lowest BCUT2D eigenvalue weighted by molar-refractivity contribution is 0.204. The third-order valence-electron chi connectivity index (χ3n) is 5.70. The monoisotopic (exact) mass is 311 g/mol. The van der Waals surface area contributed by atoms with Crippen molar-refractivity contribution in [3.05, 3.63) is 95.6 Å². The van der Waals surface area contributed by atoms with Gasteiger partial charge in [-0.05, 0) is 53.7 Å². The Morgan fingerprint density at radius 3 is 1.67 bits per heavy atom. The van der Waals surface area contributed by atoms with Crippen molar-refractivity contribution < 1.29 is 0 Å². The molecule has 0 unspecified atom stereocenters. The molecule has 3 aromatic rings. The largest absolute Gasteiger partial charge is 0.286 e. The molecule has 5 rings (SSSR count). The summed E-state index contributed by atoms with van der Waals surface area (Å²) in [7, 11) is 0. The van der Waals surface area contributed by atoms with Crippen LogP contribution in [-0.4, -0.2) is 18.0 Å². The van der Waals surface area contributed by atoms with Crippen molar-refractivity contribution in [3.8, 4) is 11.1 Å². The number of rotatable bonds is 2. The van der Waals surface area contributed by atoms with Gasteiger partial charge in [-0.1, -0.05) is 78.9 Å². The topological polar surface area (TPSA) is 3.24 Å². The van der Waals surface area contributed by atoms with Gasteiger partial charge in [0.15, 0.2) is 0 Å². The van der Waals surface area contributed by atoms with Gasteiger partial charge in [-0.25, -0.2) is 0 Å². The van der Waals surface area contributed by atoms with Gasteiger partial charge in [0.1, 0.15) is 0 Å². The van der Waals surface area contributed by atoms with Gasteiger partial charge in [0.25, 0.3) is 0 Å². The fourth-order valence-corrected chi connectivity index (χ4v) is 4.78. The van der Waals surface area contributed by atoms with E-state index < -0.39 is 0 Å². The zero-order valence-corrected chi connectivity index (χ0v) is 13.8. The second-order valence-corrected chi connectivity index (χ2v) is 6.86. The van der Waals surface area contributed by atoms with Gasteiger partial charge in [0.05, 0.1) is 5.54 Å². The van der Waals surface area contributed by atoms with Gasteiger partial charge in [-0.2, -0.15) is 0 Å². The molecule has 0 spiro atoms. The number of benzene rings is 3. The van der Waals surface area contributed by atoms with E-state index in [4.69, 9.17) is 0 Å². The Kier molecular flexibility index (Phi) is 3.11. The molecule has 1 nitrogen and oxygen atoms in total. The molecule has 24 heavy (non-hydrogen) atoms. The van der Waals surface area contributed by atoms with Crippen molar-refractivity contribution in [1.29, 1.82) is 0 Å². The van der Waals surface area contributed by atoms with Crippen molar-refractivity contribution in [2.24, 2.45) is 0 Å². The van der Waals surface area contributed by atoms with Crippen LogP contribution in [0.3, 0.4) is 0 Å². The summed E-state index contributed by atoms with van der Waals surface area (Å²) >= 11 is 0. The lowest BCUT2D eigenvalue weighted by Crippen LogP contribution is -2.45. The molecule has 1 heterocycles. The van der Waals surface area contributed by atoms with Crippen molar-refractivity contribution in [2.75, 3.05) is 13.1 Å². The number of fused-ring (bicyclic) bond motifs is 3. The van der Waals surface area contributed by atoms with Gasteiger partial charge in [-0.3, -0.25) is 4.90 Å². The van der Waals surface area contributed by atoms with Crippen LogP contribution in [0.25, 0.3) is 11.1 Å². The van der Waals surface area contributed by atoms with Crippen LogP contribution in [0, 0.1) is 0 Å². The molecule has 118 valence electrons. The van der Waals surface area contributed by atoms with E-state index in [9.17, 15) is 0 Å². The predicted octanol–water partition coefficient (Wildman–Crippen LogP) is 5.05. The Hall–Kier alpha value is -2.38. The molecule has 0 amide bonds. The molecule has 3 aromatic carbocycles. The summed E-state index contributed by atoms with van der Waals surface area (Å²) < 4.78 is 0. The molecule has 1 aliphatic carbocycles. The van der Waals surface area contributed by atoms with E-state index in [1.807, 2.05) is 0 Å². The van der Waals surface area contributed by atoms with Crippen molar-refractivity contribution in [3.63, 3.8) is 0 Å². The average Bonchev–Trinajstić information content (AvgIpc) is 3.28. The summed E-state index contributed by atoms with van der Waals surface area (Å²) in [6.45, 7) is 2.33. The highest BCUT2D eigenvalue weighted by Gasteiger charge is 2.49. The minimum atomic E-state index is -0.134. The Morgan fingerprint density at radius 2 is 1.08 bits per heavy atom. The number of nitrogens with zero attached hydrogens (tertiary/aromatic N) is 1. The first-order valence-corrected chi connectivity index (χ1v) is 8.92. The second kappa shape index (κ2) is 5.32. The summed E-state index contributed by atoms with van der Waals surface area (Å²) in [4.78, 5) is 2.70. The first kappa shape index (κ1) is 14.0. The zero-order valence-electron chi connectivity index (χ0n) is 13.8. The van der Waals surface area contributed by atoms with Crippen LogP contribution in [0.4, 0.5) is 0 Å². The van der Waals surface area contributed by atoms with E-state index >= 15 is 0 Å². The lowest BCUT2D eigenvalue weighted by Gasteiger charge is -2.41. The van der Waals surface area contributed by atoms with Crippen LogP contribution in [0.15, 0.2) is 78.9 Å². The molecule has 1 fully saturated rings. The minimum absolute atomic E-state index is 0.134. The number of likely N-dealkylation sites (tertiary alicyclic amines) is 1. The van der Waals surface area contributed by atoms with Gasteiger partial charge >= 0.3 is 0 Å². The summed E-state index contributed by atoms with van der Waals surface area (Å²) in [6.07, 6.45) is 2.58.